The molecule has 3 heterocycles. The van der Waals surface area contributed by atoms with Gasteiger partial charge in [0.1, 0.15) is 11.2 Å². The normalized spacial score (nSPS) is 23.5. The van der Waals surface area contributed by atoms with E-state index in [1.54, 1.807) is 13.0 Å². The predicted molar refractivity (Wildman–Crippen MR) is 126 cm³/mol. The van der Waals surface area contributed by atoms with Gasteiger partial charge in [0, 0.05) is 13.0 Å². The molecule has 35 heavy (non-hydrogen) atoms. The fraction of sp³-hybridized carbons (Fsp3) is 0.480. The summed E-state index contributed by atoms with van der Waals surface area (Å²) in [5.41, 5.74) is -3.32. The van der Waals surface area contributed by atoms with Gasteiger partial charge in [0.2, 0.25) is 11.8 Å². The number of aromatic hydroxyl groups is 2. The lowest BCUT2D eigenvalue weighted by molar-refractivity contribution is -0.137. The lowest BCUT2D eigenvalue weighted by atomic mass is 9.83. The molecule has 0 saturated carbocycles. The fourth-order valence-electron chi connectivity index (χ4n) is 4.61. The van der Waals surface area contributed by atoms with Crippen LogP contribution in [-0.2, 0) is 26.5 Å². The smallest absolute Gasteiger partial charge is 0.417 e. The number of hydrogen-bond acceptors (Lipinski definition) is 5. The van der Waals surface area contributed by atoms with Gasteiger partial charge in [0.05, 0.1) is 34.0 Å². The molecular formula is C25H29F3N2O4Si. The van der Waals surface area contributed by atoms with Gasteiger partial charge in [-0.15, -0.1) is 0 Å². The SMILES string of the molecule is CC(C)(C)[Si](C)(C)OCC[C@@]12C=C[C@@](C)(O1)c1c2c(O)n(-c2ccc(C#N)c(C(F)(F)F)c2)c1O. The standard InChI is InChI=1S/C25H29F3N2O4Si/c1-22(2,3)35(5,6)33-12-11-24-10-9-23(4,34-24)18-19(24)21(32)30(20(18)31)16-8-7-15(14-29)17(13-16)25(26,27)28/h7-10,13,31-32H,11-12H2,1-6H3/t23-,24-/m1/s1. The molecule has 2 N–H and O–H groups in total. The molecule has 4 rings (SSSR count). The summed E-state index contributed by atoms with van der Waals surface area (Å²) in [7, 11) is -2.05. The van der Waals surface area contributed by atoms with Crippen molar-refractivity contribution in [2.24, 2.45) is 0 Å². The van der Waals surface area contributed by atoms with Gasteiger partial charge in [0.15, 0.2) is 8.32 Å². The van der Waals surface area contributed by atoms with Crippen LogP contribution >= 0.6 is 0 Å². The van der Waals surface area contributed by atoms with Crippen molar-refractivity contribution in [3.63, 3.8) is 0 Å². The van der Waals surface area contributed by atoms with Crippen LogP contribution in [0.3, 0.4) is 0 Å². The molecule has 0 saturated heterocycles. The Morgan fingerprint density at radius 2 is 1.74 bits per heavy atom. The second-order valence-electron chi connectivity index (χ2n) is 10.9. The van der Waals surface area contributed by atoms with Crippen molar-refractivity contribution in [2.45, 2.75) is 69.6 Å². The molecule has 0 spiro atoms. The molecule has 2 atom stereocenters. The van der Waals surface area contributed by atoms with Crippen LogP contribution in [-0.4, -0.2) is 29.7 Å². The van der Waals surface area contributed by atoms with E-state index in [1.165, 1.54) is 12.1 Å². The molecule has 0 radical (unpaired) electrons. The predicted octanol–water partition coefficient (Wildman–Crippen LogP) is 6.20. The van der Waals surface area contributed by atoms with Gasteiger partial charge in [-0.2, -0.15) is 18.4 Å². The van der Waals surface area contributed by atoms with Gasteiger partial charge in [-0.1, -0.05) is 20.8 Å². The highest BCUT2D eigenvalue weighted by Crippen LogP contribution is 2.62. The summed E-state index contributed by atoms with van der Waals surface area (Å²) >= 11 is 0. The van der Waals surface area contributed by atoms with E-state index in [1.807, 2.05) is 6.08 Å². The summed E-state index contributed by atoms with van der Waals surface area (Å²) in [5.74, 6) is -0.815. The van der Waals surface area contributed by atoms with E-state index in [9.17, 15) is 23.4 Å². The van der Waals surface area contributed by atoms with Crippen LogP contribution in [0.4, 0.5) is 13.2 Å². The van der Waals surface area contributed by atoms with E-state index in [2.05, 4.69) is 33.9 Å². The molecule has 2 aromatic rings. The molecule has 6 nitrogen and oxygen atoms in total. The van der Waals surface area contributed by atoms with Crippen molar-refractivity contribution in [1.82, 2.24) is 4.57 Å². The number of fused-ring (bicyclic) bond motifs is 5. The van der Waals surface area contributed by atoms with Gasteiger partial charge in [-0.3, -0.25) is 4.57 Å². The number of aromatic nitrogens is 1. The lowest BCUT2D eigenvalue weighted by Gasteiger charge is -2.37. The van der Waals surface area contributed by atoms with Gasteiger partial charge < -0.3 is 19.4 Å². The average Bonchev–Trinajstić information content (AvgIpc) is 3.30. The van der Waals surface area contributed by atoms with Crippen LogP contribution < -0.4 is 0 Å². The van der Waals surface area contributed by atoms with Crippen LogP contribution in [0.25, 0.3) is 5.69 Å². The highest BCUT2D eigenvalue weighted by molar-refractivity contribution is 6.74. The maximum atomic E-state index is 13.5. The largest absolute Gasteiger partial charge is 0.494 e. The summed E-state index contributed by atoms with van der Waals surface area (Å²) in [4.78, 5) is 0. The molecule has 2 aliphatic heterocycles. The Kier molecular flexibility index (Phi) is 5.52. The van der Waals surface area contributed by atoms with Crippen LogP contribution in [0.15, 0.2) is 30.4 Å². The van der Waals surface area contributed by atoms with Crippen LogP contribution in [0.5, 0.6) is 11.8 Å². The lowest BCUT2D eigenvalue weighted by Crippen LogP contribution is -2.41. The van der Waals surface area contributed by atoms with Crippen LogP contribution in [0.2, 0.25) is 18.1 Å². The third-order valence-electron chi connectivity index (χ3n) is 7.53. The van der Waals surface area contributed by atoms with Crippen molar-refractivity contribution >= 4 is 8.32 Å². The summed E-state index contributed by atoms with van der Waals surface area (Å²) in [6, 6.07) is 4.57. The maximum absolute atomic E-state index is 13.5. The van der Waals surface area contributed by atoms with Crippen LogP contribution in [0.1, 0.15) is 56.4 Å². The summed E-state index contributed by atoms with van der Waals surface area (Å²) in [5, 5.41) is 31.4. The molecule has 0 unspecified atom stereocenters. The number of benzene rings is 1. The fourth-order valence-corrected chi connectivity index (χ4v) is 5.65. The van der Waals surface area contributed by atoms with Crippen LogP contribution in [0, 0.1) is 11.3 Å². The molecule has 1 aromatic carbocycles. The molecule has 1 aromatic heterocycles. The first-order chi connectivity index (χ1) is 16.0. The zero-order valence-electron chi connectivity index (χ0n) is 20.5. The van der Waals surface area contributed by atoms with Gasteiger partial charge in [-0.05, 0) is 55.4 Å². The van der Waals surface area contributed by atoms with E-state index in [0.717, 1.165) is 16.7 Å². The van der Waals surface area contributed by atoms with Crippen molar-refractivity contribution in [2.75, 3.05) is 6.61 Å². The molecule has 0 aliphatic carbocycles. The summed E-state index contributed by atoms with van der Waals surface area (Å²) in [6.07, 6.45) is -0.824. The summed E-state index contributed by atoms with van der Waals surface area (Å²) < 4.78 is 54.2. The zero-order chi connectivity index (χ0) is 26.2. The Balaban J connectivity index is 1.77. The minimum atomic E-state index is -4.78. The Labute approximate surface area is 203 Å². The van der Waals surface area contributed by atoms with E-state index in [0.29, 0.717) is 24.2 Å². The first kappa shape index (κ1) is 25.4. The quantitative estimate of drug-likeness (QED) is 0.372. The minimum Gasteiger partial charge on any atom is -0.494 e. The Bertz CT molecular complexity index is 1270. The number of halogens is 3. The number of alkyl halides is 3. The van der Waals surface area contributed by atoms with E-state index >= 15 is 0 Å². The van der Waals surface area contributed by atoms with E-state index in [4.69, 9.17) is 14.4 Å². The van der Waals surface area contributed by atoms with Gasteiger partial charge in [-0.25, -0.2) is 0 Å². The topological polar surface area (TPSA) is 87.6 Å². The molecule has 0 amide bonds. The van der Waals surface area contributed by atoms with Crippen molar-refractivity contribution in [3.8, 4) is 23.5 Å². The number of nitrogens with zero attached hydrogens (tertiary/aromatic N) is 2. The van der Waals surface area contributed by atoms with E-state index < -0.39 is 48.6 Å². The van der Waals surface area contributed by atoms with Gasteiger partial charge in [0.25, 0.3) is 0 Å². The Hall–Kier alpha value is -2.74. The second-order valence-corrected chi connectivity index (χ2v) is 15.7. The number of rotatable bonds is 5. The monoisotopic (exact) mass is 506 g/mol. The molecule has 2 bridgehead atoms. The first-order valence-corrected chi connectivity index (χ1v) is 14.2. The second kappa shape index (κ2) is 7.63. The number of nitriles is 1. The van der Waals surface area contributed by atoms with Crippen molar-refractivity contribution in [1.29, 1.82) is 5.26 Å². The van der Waals surface area contributed by atoms with E-state index in [-0.39, 0.29) is 10.7 Å². The molecule has 10 heteroatoms. The minimum absolute atomic E-state index is 0.00189. The molecule has 2 aliphatic rings. The maximum Gasteiger partial charge on any atom is 0.417 e. The third kappa shape index (κ3) is 3.77. The molecule has 188 valence electrons. The van der Waals surface area contributed by atoms with Crippen molar-refractivity contribution < 1.29 is 32.5 Å². The highest BCUT2D eigenvalue weighted by Gasteiger charge is 2.58. The highest BCUT2D eigenvalue weighted by atomic mass is 28.4. The van der Waals surface area contributed by atoms with Crippen molar-refractivity contribution in [3.05, 3.63) is 52.6 Å². The number of hydrogen-bond donors (Lipinski definition) is 2. The molecular weight excluding hydrogens is 477 g/mol. The first-order valence-electron chi connectivity index (χ1n) is 11.3. The van der Waals surface area contributed by atoms with Gasteiger partial charge >= 0.3 is 6.18 Å². The summed E-state index contributed by atoms with van der Waals surface area (Å²) in [6.45, 7) is 12.7. The molecule has 0 fully saturated rings. The third-order valence-corrected chi connectivity index (χ3v) is 12.1. The average molecular weight is 507 g/mol. The Morgan fingerprint density at radius 1 is 1.11 bits per heavy atom. The Morgan fingerprint density at radius 3 is 2.31 bits per heavy atom. The number of ether oxygens (including phenoxy) is 1. The zero-order valence-corrected chi connectivity index (χ0v) is 21.5.